The zero-order valence-electron chi connectivity index (χ0n) is 14.6. The van der Waals surface area contributed by atoms with Crippen LogP contribution in [-0.4, -0.2) is 33.8 Å². The van der Waals surface area contributed by atoms with E-state index in [-0.39, 0.29) is 5.82 Å². The van der Waals surface area contributed by atoms with Crippen molar-refractivity contribution in [1.82, 2.24) is 9.47 Å². The highest BCUT2D eigenvalue weighted by Crippen LogP contribution is 2.14. The van der Waals surface area contributed by atoms with Gasteiger partial charge in [0.1, 0.15) is 5.82 Å². The van der Waals surface area contributed by atoms with Crippen LogP contribution in [0.5, 0.6) is 0 Å². The molecule has 2 rings (SSSR count). The van der Waals surface area contributed by atoms with Crippen LogP contribution in [0.4, 0.5) is 4.39 Å². The van der Waals surface area contributed by atoms with Crippen molar-refractivity contribution < 1.29 is 9.50 Å². The quantitative estimate of drug-likeness (QED) is 0.626. The number of aliphatic hydroxyl groups is 1. The van der Waals surface area contributed by atoms with Crippen molar-refractivity contribution >= 4 is 0 Å². The van der Waals surface area contributed by atoms with Gasteiger partial charge in [-0.25, -0.2) is 4.39 Å². The Balaban J connectivity index is 2.04. The van der Waals surface area contributed by atoms with Crippen LogP contribution in [-0.2, 0) is 13.1 Å². The smallest absolute Gasteiger partial charge is 0.128 e. The molecule has 0 amide bonds. The third-order valence-electron chi connectivity index (χ3n) is 4.17. The highest BCUT2D eigenvalue weighted by atomic mass is 19.1. The largest absolute Gasteiger partial charge is 0.392 e. The average Bonchev–Trinajstić information content (AvgIpc) is 3.02. The molecule has 0 saturated heterocycles. The molecule has 1 aromatic carbocycles. The summed E-state index contributed by atoms with van der Waals surface area (Å²) in [4.78, 5) is 2.15. The molecule has 2 aromatic rings. The zero-order chi connectivity index (χ0) is 18.1. The number of halogens is 1. The van der Waals surface area contributed by atoms with E-state index in [1.807, 2.05) is 41.1 Å². The fraction of sp³-hybridized carbons (Fsp3) is 0.333. The molecule has 0 fully saturated rings. The summed E-state index contributed by atoms with van der Waals surface area (Å²) < 4.78 is 16.0. The lowest BCUT2D eigenvalue weighted by molar-refractivity contribution is 0.107. The van der Waals surface area contributed by atoms with Gasteiger partial charge in [0, 0.05) is 37.1 Å². The first-order valence-electron chi connectivity index (χ1n) is 8.63. The molecule has 0 aliphatic rings. The van der Waals surface area contributed by atoms with Gasteiger partial charge in [-0.15, -0.1) is 13.2 Å². The van der Waals surface area contributed by atoms with Crippen LogP contribution in [0.15, 0.2) is 67.9 Å². The minimum atomic E-state index is -0.395. The van der Waals surface area contributed by atoms with Gasteiger partial charge in [0.2, 0.25) is 0 Å². The van der Waals surface area contributed by atoms with Crippen molar-refractivity contribution in [2.75, 3.05) is 13.1 Å². The molecule has 0 saturated carbocycles. The summed E-state index contributed by atoms with van der Waals surface area (Å²) in [6.07, 6.45) is 6.72. The number of benzene rings is 1. The summed E-state index contributed by atoms with van der Waals surface area (Å²) in [5.74, 6) is -0.190. The van der Waals surface area contributed by atoms with Gasteiger partial charge >= 0.3 is 0 Å². The summed E-state index contributed by atoms with van der Waals surface area (Å²) in [6, 6.07) is 10.8. The molecular formula is C21H27FN2O. The van der Waals surface area contributed by atoms with Crippen LogP contribution in [0, 0.1) is 5.82 Å². The topological polar surface area (TPSA) is 28.4 Å². The number of rotatable bonds is 11. The third-order valence-corrected chi connectivity index (χ3v) is 4.17. The second-order valence-electron chi connectivity index (χ2n) is 6.22. The van der Waals surface area contributed by atoms with E-state index in [9.17, 15) is 9.50 Å². The van der Waals surface area contributed by atoms with E-state index >= 15 is 0 Å². The van der Waals surface area contributed by atoms with E-state index in [2.05, 4.69) is 18.1 Å². The van der Waals surface area contributed by atoms with E-state index in [0.717, 1.165) is 12.1 Å². The maximum Gasteiger partial charge on any atom is 0.128 e. The van der Waals surface area contributed by atoms with Gasteiger partial charge in [-0.1, -0.05) is 30.4 Å². The van der Waals surface area contributed by atoms with Crippen LogP contribution in [0.1, 0.15) is 24.1 Å². The lowest BCUT2D eigenvalue weighted by Gasteiger charge is -2.24. The van der Waals surface area contributed by atoms with E-state index in [4.69, 9.17) is 0 Å². The Morgan fingerprint density at radius 1 is 1.16 bits per heavy atom. The molecule has 0 radical (unpaired) electrons. The maximum absolute atomic E-state index is 13.9. The first kappa shape index (κ1) is 19.2. The van der Waals surface area contributed by atoms with Gasteiger partial charge in [-0.05, 0) is 31.0 Å². The van der Waals surface area contributed by atoms with Crippen molar-refractivity contribution in [3.8, 4) is 0 Å². The second kappa shape index (κ2) is 9.97. The van der Waals surface area contributed by atoms with Crippen molar-refractivity contribution in [2.45, 2.75) is 32.0 Å². The number of hydrogen-bond acceptors (Lipinski definition) is 2. The number of aliphatic hydroxyl groups excluding tert-OH is 1. The molecule has 3 nitrogen and oxygen atoms in total. The molecule has 25 heavy (non-hydrogen) atoms. The molecule has 1 heterocycles. The molecule has 1 atom stereocenters. The van der Waals surface area contributed by atoms with Crippen LogP contribution in [0.3, 0.4) is 0 Å². The van der Waals surface area contributed by atoms with Gasteiger partial charge in [-0.3, -0.25) is 4.90 Å². The Morgan fingerprint density at radius 2 is 1.96 bits per heavy atom. The number of aromatic nitrogens is 1. The summed E-state index contributed by atoms with van der Waals surface area (Å²) in [5.41, 5.74) is 1.75. The van der Waals surface area contributed by atoms with Crippen LogP contribution in [0.25, 0.3) is 0 Å². The maximum atomic E-state index is 13.9. The van der Waals surface area contributed by atoms with Crippen LogP contribution in [0.2, 0.25) is 0 Å². The summed E-state index contributed by atoms with van der Waals surface area (Å²) in [5, 5.41) is 10.2. The fourth-order valence-corrected chi connectivity index (χ4v) is 2.87. The number of allylic oxidation sites excluding steroid dienone is 1. The van der Waals surface area contributed by atoms with Gasteiger partial charge in [-0.2, -0.15) is 0 Å². The minimum Gasteiger partial charge on any atom is -0.392 e. The highest BCUT2D eigenvalue weighted by molar-refractivity contribution is 5.19. The SMILES string of the molecule is C=CCC[C@H](O)CN(CC=C)Cc1cccn1Cc1ccccc1F. The highest BCUT2D eigenvalue weighted by Gasteiger charge is 2.13. The molecule has 0 aliphatic heterocycles. The molecule has 0 unspecified atom stereocenters. The second-order valence-corrected chi connectivity index (χ2v) is 6.22. The summed E-state index contributed by atoms with van der Waals surface area (Å²) in [6.45, 7) is 9.94. The minimum absolute atomic E-state index is 0.190. The zero-order valence-corrected chi connectivity index (χ0v) is 14.6. The average molecular weight is 342 g/mol. The molecule has 0 aliphatic carbocycles. The molecule has 0 bridgehead atoms. The Morgan fingerprint density at radius 3 is 2.68 bits per heavy atom. The monoisotopic (exact) mass is 342 g/mol. The van der Waals surface area contributed by atoms with Gasteiger partial charge in [0.15, 0.2) is 0 Å². The molecule has 4 heteroatoms. The van der Waals surface area contributed by atoms with Crippen LogP contribution < -0.4 is 0 Å². The standard InChI is InChI=1S/C21H27FN2O/c1-3-5-11-20(25)17-23(13-4-2)16-19-10-8-14-24(19)15-18-9-6-7-12-21(18)22/h3-4,6-10,12,14,20,25H,1-2,5,11,13,15-17H2/t20-/m0/s1. The Hall–Kier alpha value is -2.17. The summed E-state index contributed by atoms with van der Waals surface area (Å²) >= 11 is 0. The predicted octanol–water partition coefficient (Wildman–Crippen LogP) is 3.99. The van der Waals surface area contributed by atoms with E-state index in [1.54, 1.807) is 12.1 Å². The van der Waals surface area contributed by atoms with Crippen LogP contribution >= 0.6 is 0 Å². The molecule has 134 valence electrons. The predicted molar refractivity (Wildman–Crippen MR) is 101 cm³/mol. The van der Waals surface area contributed by atoms with Gasteiger partial charge in [0.05, 0.1) is 12.6 Å². The Labute approximate surface area is 149 Å². The third kappa shape index (κ3) is 6.00. The Bertz CT molecular complexity index is 680. The van der Waals surface area contributed by atoms with Crippen molar-refractivity contribution in [1.29, 1.82) is 0 Å². The number of hydrogen-bond donors (Lipinski definition) is 1. The van der Waals surface area contributed by atoms with Crippen molar-refractivity contribution in [3.05, 3.63) is 85.0 Å². The lowest BCUT2D eigenvalue weighted by atomic mass is 10.2. The molecular weight excluding hydrogens is 315 g/mol. The van der Waals surface area contributed by atoms with E-state index in [0.29, 0.717) is 38.2 Å². The molecule has 1 aromatic heterocycles. The first-order chi connectivity index (χ1) is 12.1. The Kier molecular flexibility index (Phi) is 7.64. The van der Waals surface area contributed by atoms with Crippen molar-refractivity contribution in [2.24, 2.45) is 0 Å². The van der Waals surface area contributed by atoms with Gasteiger partial charge in [0.25, 0.3) is 0 Å². The lowest BCUT2D eigenvalue weighted by Crippen LogP contribution is -2.33. The number of nitrogens with zero attached hydrogens (tertiary/aromatic N) is 2. The fourth-order valence-electron chi connectivity index (χ4n) is 2.87. The first-order valence-corrected chi connectivity index (χ1v) is 8.63. The normalized spacial score (nSPS) is 12.3. The summed E-state index contributed by atoms with van der Waals surface area (Å²) in [7, 11) is 0. The van der Waals surface area contributed by atoms with Gasteiger partial charge < -0.3 is 9.67 Å². The van der Waals surface area contributed by atoms with Crippen molar-refractivity contribution in [3.63, 3.8) is 0 Å². The van der Waals surface area contributed by atoms with E-state index < -0.39 is 6.10 Å². The molecule has 1 N–H and O–H groups in total. The molecule has 0 spiro atoms. The van der Waals surface area contributed by atoms with E-state index in [1.165, 1.54) is 6.07 Å².